The minimum absolute atomic E-state index is 0.0903. The summed E-state index contributed by atoms with van der Waals surface area (Å²) >= 11 is 0. The highest BCUT2D eigenvalue weighted by atomic mass is 32.2. The Bertz CT molecular complexity index is 1000. The number of pyridine rings is 1. The van der Waals surface area contributed by atoms with E-state index in [0.29, 0.717) is 11.3 Å². The fourth-order valence-electron chi connectivity index (χ4n) is 2.53. The molecule has 2 heterocycles. The molecule has 0 atom stereocenters. The topological polar surface area (TPSA) is 111 Å². The number of nitrogen functional groups attached to an aromatic ring is 1. The van der Waals surface area contributed by atoms with Crippen molar-refractivity contribution >= 4 is 21.4 Å². The second-order valence-electron chi connectivity index (χ2n) is 5.58. The molecule has 25 heavy (non-hydrogen) atoms. The molecule has 7 nitrogen and oxygen atoms in total. The van der Waals surface area contributed by atoms with Gasteiger partial charge < -0.3 is 5.73 Å². The summed E-state index contributed by atoms with van der Waals surface area (Å²) in [4.78, 5) is 11.9. The quantitative estimate of drug-likeness (QED) is 0.744. The number of benzene rings is 1. The maximum Gasteiger partial charge on any atom is 0.266 e. The molecule has 2 aromatic heterocycles. The summed E-state index contributed by atoms with van der Waals surface area (Å²) in [6, 6.07) is 6.99. The monoisotopic (exact) mass is 355 g/mol. The lowest BCUT2D eigenvalue weighted by Gasteiger charge is -2.16. The number of hydrogen-bond acceptors (Lipinski definition) is 6. The Morgan fingerprint density at radius 1 is 1.04 bits per heavy atom. The molecule has 0 unspecified atom stereocenters. The summed E-state index contributed by atoms with van der Waals surface area (Å²) in [6.45, 7) is 3.67. The molecule has 3 rings (SSSR count). The van der Waals surface area contributed by atoms with E-state index in [4.69, 9.17) is 5.73 Å². The molecule has 0 amide bonds. The molecule has 3 aromatic rings. The second kappa shape index (κ2) is 6.48. The smallest absolute Gasteiger partial charge is 0.266 e. The van der Waals surface area contributed by atoms with Crippen LogP contribution in [0, 0.1) is 13.8 Å². The fraction of sp³-hybridized carbons (Fsp3) is 0.118. The van der Waals surface area contributed by atoms with E-state index >= 15 is 0 Å². The maximum atomic E-state index is 13.0. The normalized spacial score (nSPS) is 11.3. The van der Waals surface area contributed by atoms with Crippen LogP contribution < -0.4 is 10.5 Å². The zero-order valence-corrected chi connectivity index (χ0v) is 14.6. The third-order valence-electron chi connectivity index (χ3n) is 3.76. The molecule has 0 fully saturated rings. The molecule has 0 saturated carbocycles. The zero-order valence-electron chi connectivity index (χ0n) is 13.8. The third-order valence-corrected chi connectivity index (χ3v) is 5.19. The Balaban J connectivity index is 2.16. The van der Waals surface area contributed by atoms with E-state index in [2.05, 4.69) is 19.7 Å². The Labute approximate surface area is 146 Å². The van der Waals surface area contributed by atoms with E-state index in [1.165, 1.54) is 31.0 Å². The largest absolute Gasteiger partial charge is 0.398 e. The van der Waals surface area contributed by atoms with Gasteiger partial charge in [0.2, 0.25) is 0 Å². The summed E-state index contributed by atoms with van der Waals surface area (Å²) in [5.74, 6) is 0. The molecule has 1 aromatic carbocycles. The number of sulfonamides is 1. The van der Waals surface area contributed by atoms with Gasteiger partial charge in [-0.05, 0) is 31.0 Å². The first-order valence-corrected chi connectivity index (χ1v) is 8.97. The van der Waals surface area contributed by atoms with Crippen molar-refractivity contribution in [2.75, 3.05) is 10.5 Å². The van der Waals surface area contributed by atoms with Gasteiger partial charge in [0.25, 0.3) is 10.0 Å². The number of aryl methyl sites for hydroxylation is 2. The van der Waals surface area contributed by atoms with Crippen molar-refractivity contribution in [2.45, 2.75) is 18.7 Å². The van der Waals surface area contributed by atoms with Gasteiger partial charge in [0.05, 0.1) is 17.1 Å². The van der Waals surface area contributed by atoms with Gasteiger partial charge in [-0.15, -0.1) is 0 Å². The van der Waals surface area contributed by atoms with Crippen LogP contribution in [0.5, 0.6) is 0 Å². The third kappa shape index (κ3) is 3.29. The standard InChI is InChI=1S/C17H17N5O2S/c1-11-4-3-5-12(2)15(11)22-25(23,24)17-14(18)6-7-21-16(17)13-8-19-10-20-9-13/h3-10,22H,1-2H3,(H2,18,21). The van der Waals surface area contributed by atoms with Gasteiger partial charge >= 0.3 is 0 Å². The molecular weight excluding hydrogens is 338 g/mol. The van der Waals surface area contributed by atoms with Crippen LogP contribution in [0.4, 0.5) is 11.4 Å². The van der Waals surface area contributed by atoms with E-state index in [1.54, 1.807) is 0 Å². The predicted molar refractivity (Wildman–Crippen MR) is 96.4 cm³/mol. The van der Waals surface area contributed by atoms with Gasteiger partial charge in [0, 0.05) is 24.2 Å². The van der Waals surface area contributed by atoms with Gasteiger partial charge in [-0.25, -0.2) is 18.4 Å². The van der Waals surface area contributed by atoms with E-state index < -0.39 is 10.0 Å². The van der Waals surface area contributed by atoms with Crippen molar-refractivity contribution < 1.29 is 8.42 Å². The van der Waals surface area contributed by atoms with Gasteiger partial charge in [0.1, 0.15) is 11.2 Å². The highest BCUT2D eigenvalue weighted by molar-refractivity contribution is 7.93. The van der Waals surface area contributed by atoms with E-state index in [1.807, 2.05) is 32.0 Å². The molecule has 0 radical (unpaired) electrons. The van der Waals surface area contributed by atoms with Crippen LogP contribution >= 0.6 is 0 Å². The number of nitrogens with two attached hydrogens (primary N) is 1. The summed E-state index contributed by atoms with van der Waals surface area (Å²) in [5, 5.41) is 0. The number of hydrogen-bond donors (Lipinski definition) is 2. The molecule has 3 N–H and O–H groups in total. The number of para-hydroxylation sites is 1. The van der Waals surface area contributed by atoms with Crippen LogP contribution in [0.1, 0.15) is 11.1 Å². The molecule has 0 aliphatic rings. The number of nitrogens with zero attached hydrogens (tertiary/aromatic N) is 3. The van der Waals surface area contributed by atoms with Crippen LogP contribution in [0.2, 0.25) is 0 Å². The van der Waals surface area contributed by atoms with Crippen molar-refractivity contribution in [3.05, 3.63) is 60.3 Å². The minimum Gasteiger partial charge on any atom is -0.398 e. The average molecular weight is 355 g/mol. The van der Waals surface area contributed by atoms with E-state index in [-0.39, 0.29) is 16.3 Å². The van der Waals surface area contributed by atoms with Crippen molar-refractivity contribution in [1.82, 2.24) is 15.0 Å². The average Bonchev–Trinajstić information content (AvgIpc) is 2.59. The van der Waals surface area contributed by atoms with Gasteiger partial charge in [-0.3, -0.25) is 9.71 Å². The lowest BCUT2D eigenvalue weighted by Crippen LogP contribution is -2.18. The van der Waals surface area contributed by atoms with Gasteiger partial charge in [-0.1, -0.05) is 18.2 Å². The molecule has 0 saturated heterocycles. The maximum absolute atomic E-state index is 13.0. The highest BCUT2D eigenvalue weighted by Gasteiger charge is 2.25. The molecule has 0 spiro atoms. The molecule has 128 valence electrons. The van der Waals surface area contributed by atoms with Crippen LogP contribution in [-0.4, -0.2) is 23.4 Å². The van der Waals surface area contributed by atoms with Crippen molar-refractivity contribution in [2.24, 2.45) is 0 Å². The number of aromatic nitrogens is 3. The Kier molecular flexibility index (Phi) is 4.37. The zero-order chi connectivity index (χ0) is 18.0. The Morgan fingerprint density at radius 2 is 1.68 bits per heavy atom. The summed E-state index contributed by atoms with van der Waals surface area (Å²) in [7, 11) is -3.96. The van der Waals surface area contributed by atoms with Crippen molar-refractivity contribution in [3.8, 4) is 11.3 Å². The predicted octanol–water partition coefficient (Wildman–Crippen LogP) is 2.54. The van der Waals surface area contributed by atoms with E-state index in [0.717, 1.165) is 11.1 Å². The lowest BCUT2D eigenvalue weighted by molar-refractivity contribution is 0.601. The summed E-state index contributed by atoms with van der Waals surface area (Å²) < 4.78 is 28.7. The minimum atomic E-state index is -3.96. The van der Waals surface area contributed by atoms with Crippen LogP contribution in [0.15, 0.2) is 54.1 Å². The molecule has 0 bridgehead atoms. The Morgan fingerprint density at radius 3 is 2.32 bits per heavy atom. The van der Waals surface area contributed by atoms with Gasteiger partial charge in [-0.2, -0.15) is 0 Å². The SMILES string of the molecule is Cc1cccc(C)c1NS(=O)(=O)c1c(N)ccnc1-c1cncnc1. The number of anilines is 2. The highest BCUT2D eigenvalue weighted by Crippen LogP contribution is 2.31. The van der Waals surface area contributed by atoms with Crippen molar-refractivity contribution in [3.63, 3.8) is 0 Å². The molecular formula is C17H17N5O2S. The first kappa shape index (κ1) is 16.8. The fourth-order valence-corrected chi connectivity index (χ4v) is 4.03. The molecule has 0 aliphatic carbocycles. The number of rotatable bonds is 4. The lowest BCUT2D eigenvalue weighted by atomic mass is 10.1. The van der Waals surface area contributed by atoms with Crippen LogP contribution in [-0.2, 0) is 10.0 Å². The first-order valence-electron chi connectivity index (χ1n) is 7.49. The Hall–Kier alpha value is -3.00. The first-order chi connectivity index (χ1) is 11.9. The second-order valence-corrected chi connectivity index (χ2v) is 7.20. The number of nitrogens with one attached hydrogen (secondary N) is 1. The van der Waals surface area contributed by atoms with E-state index in [9.17, 15) is 8.42 Å². The summed E-state index contributed by atoms with van der Waals surface area (Å²) in [5.41, 5.74) is 8.92. The van der Waals surface area contributed by atoms with Crippen molar-refractivity contribution in [1.29, 1.82) is 0 Å². The molecule has 0 aliphatic heterocycles. The van der Waals surface area contributed by atoms with Crippen LogP contribution in [0.3, 0.4) is 0 Å². The van der Waals surface area contributed by atoms with Gasteiger partial charge in [0.15, 0.2) is 0 Å². The van der Waals surface area contributed by atoms with Crippen LogP contribution in [0.25, 0.3) is 11.3 Å². The summed E-state index contributed by atoms with van der Waals surface area (Å²) in [6.07, 6.45) is 5.80. The molecule has 8 heteroatoms.